The van der Waals surface area contributed by atoms with Gasteiger partial charge < -0.3 is 14.9 Å². The fourth-order valence-corrected chi connectivity index (χ4v) is 2.78. The van der Waals surface area contributed by atoms with Gasteiger partial charge in [-0.3, -0.25) is 4.79 Å². The van der Waals surface area contributed by atoms with Crippen molar-refractivity contribution in [3.8, 4) is 0 Å². The second-order valence-electron chi connectivity index (χ2n) is 5.64. The van der Waals surface area contributed by atoms with Crippen LogP contribution in [0.5, 0.6) is 0 Å². The van der Waals surface area contributed by atoms with Gasteiger partial charge in [0.1, 0.15) is 0 Å². The molecule has 0 aromatic heterocycles. The molecule has 0 aliphatic carbocycles. The Morgan fingerprint density at radius 3 is 2.20 bits per heavy atom. The molecule has 1 N–H and O–H groups in total. The molecular formula is C15H28N2O3. The molecule has 0 unspecified atom stereocenters. The van der Waals surface area contributed by atoms with Crippen LogP contribution in [-0.2, 0) is 4.79 Å². The van der Waals surface area contributed by atoms with E-state index in [0.29, 0.717) is 38.9 Å². The van der Waals surface area contributed by atoms with E-state index in [1.165, 1.54) is 0 Å². The van der Waals surface area contributed by atoms with Crippen molar-refractivity contribution in [3.05, 3.63) is 0 Å². The first-order valence-electron chi connectivity index (χ1n) is 7.78. The van der Waals surface area contributed by atoms with Crippen LogP contribution in [0.2, 0.25) is 0 Å². The fourth-order valence-electron chi connectivity index (χ4n) is 2.78. The molecule has 5 nitrogen and oxygen atoms in total. The molecule has 1 rings (SSSR count). The maximum Gasteiger partial charge on any atom is 0.319 e. The van der Waals surface area contributed by atoms with Gasteiger partial charge in [-0.05, 0) is 32.6 Å². The molecule has 0 saturated carbocycles. The largest absolute Gasteiger partial charge is 0.481 e. The topological polar surface area (TPSA) is 60.9 Å². The first-order chi connectivity index (χ1) is 9.50. The van der Waals surface area contributed by atoms with Crippen LogP contribution in [0, 0.1) is 5.41 Å². The summed E-state index contributed by atoms with van der Waals surface area (Å²) in [6.07, 6.45) is 3.85. The summed E-state index contributed by atoms with van der Waals surface area (Å²) < 4.78 is 0. The molecule has 0 aromatic carbocycles. The zero-order valence-corrected chi connectivity index (χ0v) is 13.0. The monoisotopic (exact) mass is 284 g/mol. The Labute approximate surface area is 121 Å². The second-order valence-corrected chi connectivity index (χ2v) is 5.64. The molecule has 1 aliphatic rings. The molecular weight excluding hydrogens is 256 g/mol. The number of likely N-dealkylation sites (tertiary alicyclic amines) is 1. The molecule has 0 atom stereocenters. The van der Waals surface area contributed by atoms with E-state index in [1.54, 1.807) is 0 Å². The van der Waals surface area contributed by atoms with Gasteiger partial charge >= 0.3 is 12.0 Å². The average molecular weight is 284 g/mol. The van der Waals surface area contributed by atoms with E-state index < -0.39 is 11.4 Å². The summed E-state index contributed by atoms with van der Waals surface area (Å²) in [5.41, 5.74) is -0.628. The van der Waals surface area contributed by atoms with E-state index in [0.717, 1.165) is 19.4 Å². The highest BCUT2D eigenvalue weighted by atomic mass is 16.4. The Bertz CT molecular complexity index is 336. The van der Waals surface area contributed by atoms with Crippen LogP contribution in [0.3, 0.4) is 0 Å². The van der Waals surface area contributed by atoms with Crippen LogP contribution >= 0.6 is 0 Å². The van der Waals surface area contributed by atoms with Gasteiger partial charge in [0, 0.05) is 26.2 Å². The third-order valence-corrected chi connectivity index (χ3v) is 4.56. The number of rotatable bonds is 6. The molecule has 1 aliphatic heterocycles. The molecule has 20 heavy (non-hydrogen) atoms. The number of carboxylic acid groups (broad SMARTS) is 1. The minimum atomic E-state index is -0.717. The Kier molecular flexibility index (Phi) is 6.30. The fraction of sp³-hybridized carbons (Fsp3) is 0.867. The number of aliphatic carboxylic acids is 1. The SMILES string of the molecule is CCCCN(CC)C(=O)N1CCC(CC)(C(=O)O)CC1. The van der Waals surface area contributed by atoms with Gasteiger partial charge in [-0.2, -0.15) is 0 Å². The number of urea groups is 1. The van der Waals surface area contributed by atoms with Crippen molar-refractivity contribution in [3.63, 3.8) is 0 Å². The Balaban J connectivity index is 2.59. The number of carbonyl (C=O) groups excluding carboxylic acids is 1. The maximum atomic E-state index is 12.4. The smallest absolute Gasteiger partial charge is 0.319 e. The lowest BCUT2D eigenvalue weighted by Crippen LogP contribution is -2.50. The molecule has 116 valence electrons. The Morgan fingerprint density at radius 2 is 1.80 bits per heavy atom. The second kappa shape index (κ2) is 7.50. The maximum absolute atomic E-state index is 12.4. The van der Waals surface area contributed by atoms with Crippen molar-refractivity contribution in [2.45, 2.75) is 52.9 Å². The Morgan fingerprint density at radius 1 is 1.20 bits per heavy atom. The summed E-state index contributed by atoms with van der Waals surface area (Å²) in [5, 5.41) is 9.37. The van der Waals surface area contributed by atoms with Crippen molar-refractivity contribution in [2.24, 2.45) is 5.41 Å². The van der Waals surface area contributed by atoms with Gasteiger partial charge in [-0.15, -0.1) is 0 Å². The highest BCUT2D eigenvalue weighted by molar-refractivity contribution is 5.77. The summed E-state index contributed by atoms with van der Waals surface area (Å²) in [6, 6.07) is 0.0658. The summed E-state index contributed by atoms with van der Waals surface area (Å²) in [4.78, 5) is 27.5. The summed E-state index contributed by atoms with van der Waals surface area (Å²) >= 11 is 0. The Hall–Kier alpha value is -1.26. The van der Waals surface area contributed by atoms with Crippen LogP contribution in [0.1, 0.15) is 52.9 Å². The van der Waals surface area contributed by atoms with E-state index in [2.05, 4.69) is 6.92 Å². The quantitative estimate of drug-likeness (QED) is 0.816. The van der Waals surface area contributed by atoms with Crippen LogP contribution < -0.4 is 0 Å². The molecule has 0 bridgehead atoms. The summed E-state index contributed by atoms with van der Waals surface area (Å²) in [6.45, 7) is 8.65. The van der Waals surface area contributed by atoms with Crippen LogP contribution in [0.4, 0.5) is 4.79 Å². The third-order valence-electron chi connectivity index (χ3n) is 4.56. The number of carbonyl (C=O) groups is 2. The van der Waals surface area contributed by atoms with Crippen molar-refractivity contribution < 1.29 is 14.7 Å². The number of hydrogen-bond acceptors (Lipinski definition) is 2. The summed E-state index contributed by atoms with van der Waals surface area (Å²) in [7, 11) is 0. The minimum Gasteiger partial charge on any atom is -0.481 e. The van der Waals surface area contributed by atoms with Crippen molar-refractivity contribution in [2.75, 3.05) is 26.2 Å². The van der Waals surface area contributed by atoms with E-state index >= 15 is 0 Å². The number of amides is 2. The van der Waals surface area contributed by atoms with Gasteiger partial charge in [0.05, 0.1) is 5.41 Å². The molecule has 2 amide bonds. The normalized spacial score (nSPS) is 17.9. The minimum absolute atomic E-state index is 0.0658. The predicted octanol–water partition coefficient (Wildman–Crippen LogP) is 2.81. The van der Waals surface area contributed by atoms with E-state index in [4.69, 9.17) is 0 Å². The highest BCUT2D eigenvalue weighted by Crippen LogP contribution is 2.35. The number of unbranched alkanes of at least 4 members (excludes halogenated alkanes) is 1. The first-order valence-corrected chi connectivity index (χ1v) is 7.78. The highest BCUT2D eigenvalue weighted by Gasteiger charge is 2.41. The van der Waals surface area contributed by atoms with Crippen LogP contribution in [0.15, 0.2) is 0 Å². The van der Waals surface area contributed by atoms with Gasteiger partial charge in [0.25, 0.3) is 0 Å². The predicted molar refractivity (Wildman–Crippen MR) is 78.7 cm³/mol. The molecule has 5 heteroatoms. The van der Waals surface area contributed by atoms with Crippen molar-refractivity contribution in [1.29, 1.82) is 0 Å². The summed E-state index contributed by atoms with van der Waals surface area (Å²) in [5.74, 6) is -0.717. The zero-order chi connectivity index (χ0) is 15.2. The van der Waals surface area contributed by atoms with Gasteiger partial charge in [-0.25, -0.2) is 4.79 Å². The standard InChI is InChI=1S/C15H28N2O3/c1-4-7-10-16(6-3)14(20)17-11-8-15(5-2,9-12-17)13(18)19/h4-12H2,1-3H3,(H,18,19). The third kappa shape index (κ3) is 3.64. The van der Waals surface area contributed by atoms with E-state index in [9.17, 15) is 14.7 Å². The van der Waals surface area contributed by atoms with Gasteiger partial charge in [-0.1, -0.05) is 20.3 Å². The van der Waals surface area contributed by atoms with Gasteiger partial charge in [0.2, 0.25) is 0 Å². The molecule has 0 spiro atoms. The van der Waals surface area contributed by atoms with Crippen molar-refractivity contribution >= 4 is 12.0 Å². The molecule has 1 saturated heterocycles. The number of nitrogens with zero attached hydrogens (tertiary/aromatic N) is 2. The average Bonchev–Trinajstić information content (AvgIpc) is 2.47. The van der Waals surface area contributed by atoms with E-state index in [1.807, 2.05) is 23.6 Å². The number of hydrogen-bond donors (Lipinski definition) is 1. The molecule has 1 heterocycles. The lowest BCUT2D eigenvalue weighted by Gasteiger charge is -2.40. The molecule has 0 radical (unpaired) electrons. The first kappa shape index (κ1) is 16.8. The lowest BCUT2D eigenvalue weighted by molar-refractivity contribution is -0.152. The number of carboxylic acids is 1. The zero-order valence-electron chi connectivity index (χ0n) is 13.0. The van der Waals surface area contributed by atoms with Crippen LogP contribution in [-0.4, -0.2) is 53.1 Å². The van der Waals surface area contributed by atoms with Crippen LogP contribution in [0.25, 0.3) is 0 Å². The van der Waals surface area contributed by atoms with Gasteiger partial charge in [0.15, 0.2) is 0 Å². The van der Waals surface area contributed by atoms with Crippen molar-refractivity contribution in [1.82, 2.24) is 9.80 Å². The molecule has 0 aromatic rings. The van der Waals surface area contributed by atoms with E-state index in [-0.39, 0.29) is 6.03 Å². The number of piperidine rings is 1. The molecule has 1 fully saturated rings. The lowest BCUT2D eigenvalue weighted by atomic mass is 9.76.